The van der Waals surface area contributed by atoms with Crippen molar-refractivity contribution in [3.8, 4) is 0 Å². The molecule has 2 aromatic carbocycles. The molecule has 2 atom stereocenters. The molecule has 0 aliphatic rings. The minimum atomic E-state index is -0.00689. The van der Waals surface area contributed by atoms with E-state index in [1.807, 2.05) is 36.4 Å². The SMILES string of the molecule is C[C@@H](CCO)[C@H](/C=C/c1ccccc1)OCc1ccccc1. The highest BCUT2D eigenvalue weighted by Crippen LogP contribution is 2.17. The van der Waals surface area contributed by atoms with Crippen molar-refractivity contribution < 1.29 is 9.84 Å². The average molecular weight is 296 g/mol. The first kappa shape index (κ1) is 16.5. The second-order valence-corrected chi connectivity index (χ2v) is 5.52. The molecule has 0 aliphatic carbocycles. The van der Waals surface area contributed by atoms with E-state index in [0.29, 0.717) is 6.61 Å². The molecule has 0 saturated heterocycles. The Balaban J connectivity index is 2.01. The molecule has 1 N–H and O–H groups in total. The van der Waals surface area contributed by atoms with Gasteiger partial charge < -0.3 is 9.84 Å². The normalized spacial score (nSPS) is 14.1. The van der Waals surface area contributed by atoms with Crippen LogP contribution in [0.5, 0.6) is 0 Å². The van der Waals surface area contributed by atoms with Gasteiger partial charge in [-0.2, -0.15) is 0 Å². The molecule has 0 amide bonds. The number of ether oxygens (including phenoxy) is 1. The van der Waals surface area contributed by atoms with Crippen molar-refractivity contribution in [2.24, 2.45) is 5.92 Å². The van der Waals surface area contributed by atoms with E-state index in [1.54, 1.807) is 0 Å². The maximum atomic E-state index is 9.18. The quantitative estimate of drug-likeness (QED) is 0.787. The van der Waals surface area contributed by atoms with E-state index in [2.05, 4.69) is 43.3 Å². The van der Waals surface area contributed by atoms with Crippen LogP contribution in [-0.2, 0) is 11.3 Å². The Morgan fingerprint density at radius 2 is 1.64 bits per heavy atom. The lowest BCUT2D eigenvalue weighted by Crippen LogP contribution is -2.20. The lowest BCUT2D eigenvalue weighted by molar-refractivity contribution is 0.0309. The van der Waals surface area contributed by atoms with E-state index in [-0.39, 0.29) is 18.6 Å². The fourth-order valence-electron chi connectivity index (χ4n) is 2.31. The molecule has 0 spiro atoms. The second-order valence-electron chi connectivity index (χ2n) is 5.52. The average Bonchev–Trinajstić information content (AvgIpc) is 2.57. The van der Waals surface area contributed by atoms with Crippen LogP contribution in [0, 0.1) is 5.92 Å². The summed E-state index contributed by atoms with van der Waals surface area (Å²) in [6, 6.07) is 20.4. The smallest absolute Gasteiger partial charge is 0.0789 e. The van der Waals surface area contributed by atoms with Crippen LogP contribution in [0.25, 0.3) is 6.08 Å². The third-order valence-electron chi connectivity index (χ3n) is 3.71. The van der Waals surface area contributed by atoms with Crippen molar-refractivity contribution in [3.05, 3.63) is 77.9 Å². The van der Waals surface area contributed by atoms with Crippen molar-refractivity contribution in [3.63, 3.8) is 0 Å². The molecule has 116 valence electrons. The number of hydrogen-bond acceptors (Lipinski definition) is 2. The summed E-state index contributed by atoms with van der Waals surface area (Å²) in [5.74, 6) is 0.272. The lowest BCUT2D eigenvalue weighted by Gasteiger charge is -2.21. The zero-order chi connectivity index (χ0) is 15.6. The predicted octanol–water partition coefficient (Wildman–Crippen LogP) is 4.30. The van der Waals surface area contributed by atoms with Crippen LogP contribution in [-0.4, -0.2) is 17.8 Å². The van der Waals surface area contributed by atoms with E-state index in [1.165, 1.54) is 0 Å². The van der Waals surface area contributed by atoms with Crippen molar-refractivity contribution >= 4 is 6.08 Å². The van der Waals surface area contributed by atoms with Crippen molar-refractivity contribution in [1.82, 2.24) is 0 Å². The summed E-state index contributed by atoms with van der Waals surface area (Å²) in [6.07, 6.45) is 4.91. The Morgan fingerprint density at radius 1 is 1.00 bits per heavy atom. The van der Waals surface area contributed by atoms with Gasteiger partial charge in [0.1, 0.15) is 0 Å². The molecule has 0 heterocycles. The monoisotopic (exact) mass is 296 g/mol. The van der Waals surface area contributed by atoms with Crippen LogP contribution in [0.15, 0.2) is 66.7 Å². The minimum absolute atomic E-state index is 0.00689. The van der Waals surface area contributed by atoms with Gasteiger partial charge in [0.15, 0.2) is 0 Å². The van der Waals surface area contributed by atoms with Crippen molar-refractivity contribution in [2.75, 3.05) is 6.61 Å². The summed E-state index contributed by atoms with van der Waals surface area (Å²) in [6.45, 7) is 2.88. The Bertz CT molecular complexity index is 548. The summed E-state index contributed by atoms with van der Waals surface area (Å²) in [7, 11) is 0. The molecule has 2 aromatic rings. The summed E-state index contributed by atoms with van der Waals surface area (Å²) in [5, 5.41) is 9.18. The maximum absolute atomic E-state index is 9.18. The third kappa shape index (κ3) is 5.47. The number of benzene rings is 2. The van der Waals surface area contributed by atoms with Crippen molar-refractivity contribution in [2.45, 2.75) is 26.1 Å². The zero-order valence-electron chi connectivity index (χ0n) is 13.1. The summed E-state index contributed by atoms with van der Waals surface area (Å²) >= 11 is 0. The van der Waals surface area contributed by atoms with Crippen LogP contribution in [0.4, 0.5) is 0 Å². The molecule has 22 heavy (non-hydrogen) atoms. The van der Waals surface area contributed by atoms with Gasteiger partial charge in [-0.3, -0.25) is 0 Å². The fourth-order valence-corrected chi connectivity index (χ4v) is 2.31. The molecule has 2 nitrogen and oxygen atoms in total. The molecule has 2 rings (SSSR count). The Kier molecular flexibility index (Phi) is 6.88. The highest BCUT2D eigenvalue weighted by Gasteiger charge is 2.14. The summed E-state index contributed by atoms with van der Waals surface area (Å²) in [4.78, 5) is 0. The van der Waals surface area contributed by atoms with Gasteiger partial charge >= 0.3 is 0 Å². The van der Waals surface area contributed by atoms with Gasteiger partial charge in [-0.25, -0.2) is 0 Å². The number of aliphatic hydroxyl groups excluding tert-OH is 1. The Hall–Kier alpha value is -1.90. The molecule has 0 bridgehead atoms. The zero-order valence-corrected chi connectivity index (χ0v) is 13.1. The minimum Gasteiger partial charge on any atom is -0.396 e. The van der Waals surface area contributed by atoms with Crippen LogP contribution in [0.1, 0.15) is 24.5 Å². The summed E-state index contributed by atoms with van der Waals surface area (Å²) < 4.78 is 6.07. The highest BCUT2D eigenvalue weighted by molar-refractivity contribution is 5.49. The lowest BCUT2D eigenvalue weighted by atomic mass is 10.00. The van der Waals surface area contributed by atoms with E-state index in [0.717, 1.165) is 17.5 Å². The first-order chi connectivity index (χ1) is 10.8. The molecule has 2 heteroatoms. The Labute approximate surface area is 133 Å². The van der Waals surface area contributed by atoms with Crippen LogP contribution >= 0.6 is 0 Å². The largest absolute Gasteiger partial charge is 0.396 e. The number of aliphatic hydroxyl groups is 1. The molecule has 0 unspecified atom stereocenters. The van der Waals surface area contributed by atoms with Gasteiger partial charge in [-0.1, -0.05) is 79.7 Å². The van der Waals surface area contributed by atoms with Gasteiger partial charge in [-0.05, 0) is 23.5 Å². The molecule has 0 aliphatic heterocycles. The van der Waals surface area contributed by atoms with Gasteiger partial charge in [0.2, 0.25) is 0 Å². The number of hydrogen-bond donors (Lipinski definition) is 1. The van der Waals surface area contributed by atoms with Gasteiger partial charge in [0.25, 0.3) is 0 Å². The van der Waals surface area contributed by atoms with E-state index >= 15 is 0 Å². The fraction of sp³-hybridized carbons (Fsp3) is 0.300. The van der Waals surface area contributed by atoms with Crippen LogP contribution in [0.2, 0.25) is 0 Å². The molecule has 0 aromatic heterocycles. The third-order valence-corrected chi connectivity index (χ3v) is 3.71. The number of rotatable bonds is 8. The maximum Gasteiger partial charge on any atom is 0.0789 e. The molecular formula is C20H24O2. The standard InChI is InChI=1S/C20H24O2/c1-17(14-15-21)20(13-12-18-8-4-2-5-9-18)22-16-19-10-6-3-7-11-19/h2-13,17,20-21H,14-16H2,1H3/b13-12+/t17-,20-/m0/s1. The molecule has 0 radical (unpaired) electrons. The van der Waals surface area contributed by atoms with E-state index in [9.17, 15) is 5.11 Å². The van der Waals surface area contributed by atoms with E-state index in [4.69, 9.17) is 4.74 Å². The highest BCUT2D eigenvalue weighted by atomic mass is 16.5. The van der Waals surface area contributed by atoms with Crippen LogP contribution in [0.3, 0.4) is 0 Å². The molecule has 0 saturated carbocycles. The second kappa shape index (κ2) is 9.19. The summed E-state index contributed by atoms with van der Waals surface area (Å²) in [5.41, 5.74) is 2.32. The molecule has 0 fully saturated rings. The van der Waals surface area contributed by atoms with Gasteiger partial charge in [-0.15, -0.1) is 0 Å². The first-order valence-corrected chi connectivity index (χ1v) is 7.79. The molecular weight excluding hydrogens is 272 g/mol. The van der Waals surface area contributed by atoms with E-state index < -0.39 is 0 Å². The van der Waals surface area contributed by atoms with Gasteiger partial charge in [0.05, 0.1) is 12.7 Å². The Morgan fingerprint density at radius 3 is 2.27 bits per heavy atom. The topological polar surface area (TPSA) is 29.5 Å². The predicted molar refractivity (Wildman–Crippen MR) is 91.4 cm³/mol. The van der Waals surface area contributed by atoms with Crippen molar-refractivity contribution in [1.29, 1.82) is 0 Å². The van der Waals surface area contributed by atoms with Gasteiger partial charge in [0, 0.05) is 6.61 Å². The van der Waals surface area contributed by atoms with Crippen LogP contribution < -0.4 is 0 Å². The first-order valence-electron chi connectivity index (χ1n) is 7.79.